The molecule has 0 amide bonds. The van der Waals surface area contributed by atoms with Crippen molar-refractivity contribution in [3.8, 4) is 16.8 Å². The van der Waals surface area contributed by atoms with Gasteiger partial charge in [-0.15, -0.1) is 0 Å². The Morgan fingerprint density at radius 3 is 1.47 bits per heavy atom. The van der Waals surface area contributed by atoms with E-state index < -0.39 is 0 Å². The van der Waals surface area contributed by atoms with Crippen molar-refractivity contribution >= 4 is 59.3 Å². The van der Waals surface area contributed by atoms with Crippen LogP contribution in [0.2, 0.25) is 0 Å². The number of rotatable bonds is 2. The fourth-order valence-corrected chi connectivity index (χ4v) is 6.08. The summed E-state index contributed by atoms with van der Waals surface area (Å²) in [4.78, 5) is 0. The summed E-state index contributed by atoms with van der Waals surface area (Å²) in [6.07, 6.45) is 0. The summed E-state index contributed by atoms with van der Waals surface area (Å²) >= 11 is 3.89. The molecule has 0 bridgehead atoms. The molecule has 1 nitrogen and oxygen atoms in total. The predicted octanol–water partition coefficient (Wildman–Crippen LogP) is 9.52. The van der Waals surface area contributed by atoms with E-state index in [0.29, 0.717) is 0 Å². The largest absolute Gasteiger partial charge is 0.309 e. The van der Waals surface area contributed by atoms with Crippen molar-refractivity contribution in [1.29, 1.82) is 0 Å². The zero-order valence-electron chi connectivity index (χ0n) is 18.4. The molecule has 6 aromatic carbocycles. The summed E-state index contributed by atoms with van der Waals surface area (Å²) in [5.41, 5.74) is 6.13. The molecule has 1 aromatic heterocycles. The average Bonchev–Trinajstić information content (AvgIpc) is 3.24. The van der Waals surface area contributed by atoms with Crippen molar-refractivity contribution in [2.75, 3.05) is 0 Å². The van der Waals surface area contributed by atoms with E-state index in [1.807, 2.05) is 0 Å². The molecule has 0 fully saturated rings. The lowest BCUT2D eigenvalue weighted by Gasteiger charge is -2.16. The summed E-state index contributed by atoms with van der Waals surface area (Å²) in [7, 11) is 0. The zero-order valence-corrected chi connectivity index (χ0v) is 20.0. The minimum absolute atomic E-state index is 1.15. The van der Waals surface area contributed by atoms with Crippen molar-refractivity contribution in [1.82, 2.24) is 4.57 Å². The maximum atomic E-state index is 3.89. The maximum absolute atomic E-state index is 3.89. The van der Waals surface area contributed by atoms with Gasteiger partial charge in [0, 0.05) is 20.9 Å². The summed E-state index contributed by atoms with van der Waals surface area (Å²) < 4.78 is 3.54. The van der Waals surface area contributed by atoms with Gasteiger partial charge in [0.1, 0.15) is 0 Å². The Balaban J connectivity index is 1.57. The Morgan fingerprint density at radius 1 is 0.441 bits per heavy atom. The van der Waals surface area contributed by atoms with Gasteiger partial charge in [0.05, 0.1) is 11.0 Å². The summed E-state index contributed by atoms with van der Waals surface area (Å²) in [5.74, 6) is 0. The predicted molar refractivity (Wildman–Crippen MR) is 149 cm³/mol. The second kappa shape index (κ2) is 7.58. The van der Waals surface area contributed by atoms with Crippen LogP contribution in [0.3, 0.4) is 0 Å². The molecular formula is C32H20BrN. The highest BCUT2D eigenvalue weighted by atomic mass is 79.9. The first-order valence-corrected chi connectivity index (χ1v) is 12.3. The maximum Gasteiger partial charge on any atom is 0.0541 e. The van der Waals surface area contributed by atoms with Gasteiger partial charge in [-0.2, -0.15) is 0 Å². The Morgan fingerprint density at radius 2 is 0.912 bits per heavy atom. The lowest BCUT2D eigenvalue weighted by molar-refractivity contribution is 1.18. The van der Waals surface area contributed by atoms with Crippen LogP contribution in [-0.4, -0.2) is 4.57 Å². The first-order valence-electron chi connectivity index (χ1n) is 11.5. The first-order chi connectivity index (χ1) is 16.8. The minimum Gasteiger partial charge on any atom is -0.309 e. The third-order valence-corrected chi connectivity index (χ3v) is 7.69. The van der Waals surface area contributed by atoms with Crippen LogP contribution < -0.4 is 0 Å². The van der Waals surface area contributed by atoms with E-state index >= 15 is 0 Å². The van der Waals surface area contributed by atoms with Crippen LogP contribution >= 0.6 is 15.9 Å². The quantitative estimate of drug-likeness (QED) is 0.209. The van der Waals surface area contributed by atoms with Crippen molar-refractivity contribution in [3.63, 3.8) is 0 Å². The van der Waals surface area contributed by atoms with E-state index in [4.69, 9.17) is 0 Å². The van der Waals surface area contributed by atoms with Crippen LogP contribution in [0.15, 0.2) is 126 Å². The fraction of sp³-hybridized carbons (Fsp3) is 0. The molecule has 0 aliphatic rings. The molecule has 160 valence electrons. The number of aromatic nitrogens is 1. The van der Waals surface area contributed by atoms with Crippen LogP contribution in [0.4, 0.5) is 0 Å². The highest BCUT2D eigenvalue weighted by Crippen LogP contribution is 2.42. The lowest BCUT2D eigenvalue weighted by Crippen LogP contribution is -1.95. The number of hydrogen-bond donors (Lipinski definition) is 0. The molecule has 0 aliphatic heterocycles. The van der Waals surface area contributed by atoms with Crippen molar-refractivity contribution in [2.24, 2.45) is 0 Å². The monoisotopic (exact) mass is 497 g/mol. The SMILES string of the molecule is Brc1c2ccccc2c(-c2cccc(-n3c4ccccc4c4ccccc43)c2)c2ccccc12. The molecule has 2 heteroatoms. The molecule has 1 heterocycles. The molecule has 7 aromatic rings. The normalized spacial score (nSPS) is 11.7. The number of fused-ring (bicyclic) bond motifs is 5. The topological polar surface area (TPSA) is 4.93 Å². The highest BCUT2D eigenvalue weighted by molar-refractivity contribution is 9.10. The van der Waals surface area contributed by atoms with Crippen LogP contribution in [0.25, 0.3) is 60.2 Å². The van der Waals surface area contributed by atoms with Crippen molar-refractivity contribution < 1.29 is 0 Å². The Bertz CT molecular complexity index is 1770. The van der Waals surface area contributed by atoms with E-state index in [9.17, 15) is 0 Å². The molecule has 0 saturated carbocycles. The minimum atomic E-state index is 1.15. The molecule has 0 atom stereocenters. The standard InChI is InChI=1S/C32H20BrN/c33-32-27-16-3-1-14-25(27)31(26-15-2-4-17-28(26)32)21-10-9-11-22(20-21)34-29-18-7-5-12-23(29)24-13-6-8-19-30(24)34/h1-20H. The Hall–Kier alpha value is -3.88. The van der Waals surface area contributed by atoms with Crippen LogP contribution in [0.1, 0.15) is 0 Å². The first kappa shape index (κ1) is 19.6. The van der Waals surface area contributed by atoms with Gasteiger partial charge in [-0.25, -0.2) is 0 Å². The van der Waals surface area contributed by atoms with E-state index in [1.54, 1.807) is 0 Å². The molecule has 0 unspecified atom stereocenters. The number of nitrogens with zero attached hydrogens (tertiary/aromatic N) is 1. The summed E-state index contributed by atoms with van der Waals surface area (Å²) in [6, 6.07) is 43.7. The number of benzene rings is 6. The molecule has 0 N–H and O–H groups in total. The highest BCUT2D eigenvalue weighted by Gasteiger charge is 2.16. The third kappa shape index (κ3) is 2.79. The molecule has 0 saturated heterocycles. The van der Waals surface area contributed by atoms with Crippen LogP contribution in [-0.2, 0) is 0 Å². The van der Waals surface area contributed by atoms with Crippen LogP contribution in [0.5, 0.6) is 0 Å². The average molecular weight is 498 g/mol. The van der Waals surface area contributed by atoms with Gasteiger partial charge in [0.15, 0.2) is 0 Å². The van der Waals surface area contributed by atoms with E-state index in [1.165, 1.54) is 60.2 Å². The number of halogens is 1. The molecule has 0 radical (unpaired) electrons. The van der Waals surface area contributed by atoms with Gasteiger partial charge in [-0.05, 0) is 72.9 Å². The molecule has 0 spiro atoms. The van der Waals surface area contributed by atoms with Gasteiger partial charge in [0.2, 0.25) is 0 Å². The second-order valence-electron chi connectivity index (χ2n) is 8.70. The number of hydrogen-bond acceptors (Lipinski definition) is 0. The summed E-state index contributed by atoms with van der Waals surface area (Å²) in [5, 5.41) is 7.54. The molecule has 0 aliphatic carbocycles. The van der Waals surface area contributed by atoms with Gasteiger partial charge < -0.3 is 4.57 Å². The summed E-state index contributed by atoms with van der Waals surface area (Å²) in [6.45, 7) is 0. The molecule has 34 heavy (non-hydrogen) atoms. The van der Waals surface area contributed by atoms with Gasteiger partial charge >= 0.3 is 0 Å². The van der Waals surface area contributed by atoms with E-state index in [-0.39, 0.29) is 0 Å². The van der Waals surface area contributed by atoms with Crippen LogP contribution in [0, 0.1) is 0 Å². The Kier molecular flexibility index (Phi) is 4.36. The fourth-order valence-electron chi connectivity index (χ4n) is 5.39. The van der Waals surface area contributed by atoms with Crippen molar-refractivity contribution in [2.45, 2.75) is 0 Å². The van der Waals surface area contributed by atoms with Gasteiger partial charge in [0.25, 0.3) is 0 Å². The van der Waals surface area contributed by atoms with Crippen molar-refractivity contribution in [3.05, 3.63) is 126 Å². The third-order valence-electron chi connectivity index (χ3n) is 6.84. The molecule has 7 rings (SSSR count). The van der Waals surface area contributed by atoms with Gasteiger partial charge in [-0.1, -0.05) is 97.1 Å². The van der Waals surface area contributed by atoms with E-state index in [2.05, 4.69) is 142 Å². The smallest absolute Gasteiger partial charge is 0.0541 e. The lowest BCUT2D eigenvalue weighted by atomic mass is 9.92. The zero-order chi connectivity index (χ0) is 22.6. The second-order valence-corrected chi connectivity index (χ2v) is 9.49. The Labute approximate surface area is 206 Å². The molecular weight excluding hydrogens is 478 g/mol. The number of para-hydroxylation sites is 2. The van der Waals surface area contributed by atoms with E-state index in [0.717, 1.165) is 4.47 Å². The van der Waals surface area contributed by atoms with Gasteiger partial charge in [-0.3, -0.25) is 0 Å².